The van der Waals surface area contributed by atoms with E-state index in [0.29, 0.717) is 12.3 Å². The molecule has 0 aliphatic heterocycles. The third kappa shape index (κ3) is 8.24. The molecule has 4 N–H and O–H groups in total. The number of rotatable bonds is 7. The van der Waals surface area contributed by atoms with Gasteiger partial charge in [-0.15, -0.1) is 0 Å². The monoisotopic (exact) mass is 243 g/mol. The third-order valence-corrected chi connectivity index (χ3v) is 2.61. The van der Waals surface area contributed by atoms with Gasteiger partial charge in [-0.2, -0.15) is 5.10 Å². The lowest BCUT2D eigenvalue weighted by Gasteiger charge is -2.18. The Labute approximate surface area is 101 Å². The summed E-state index contributed by atoms with van der Waals surface area (Å²) in [6, 6.07) is -0.699. The van der Waals surface area contributed by atoms with Crippen LogP contribution in [0.3, 0.4) is 0 Å². The molecule has 0 aliphatic carbocycles. The summed E-state index contributed by atoms with van der Waals surface area (Å²) in [6.45, 7) is 5.78. The summed E-state index contributed by atoms with van der Waals surface area (Å²) in [6.07, 6.45) is 1.55. The van der Waals surface area contributed by atoms with E-state index in [1.54, 1.807) is 6.92 Å². The number of nitrogens with zero attached hydrogens (tertiary/aromatic N) is 1. The lowest BCUT2D eigenvalue weighted by Crippen LogP contribution is -2.25. The van der Waals surface area contributed by atoms with Crippen molar-refractivity contribution in [3.05, 3.63) is 0 Å². The molecule has 1 atom stereocenters. The lowest BCUT2D eigenvalue weighted by molar-refractivity contribution is -0.138. The minimum atomic E-state index is -0.784. The summed E-state index contributed by atoms with van der Waals surface area (Å²) in [5.74, 6) is -0.359. The fourth-order valence-corrected chi connectivity index (χ4v) is 1.50. The summed E-state index contributed by atoms with van der Waals surface area (Å²) in [4.78, 5) is 21.1. The van der Waals surface area contributed by atoms with Crippen molar-refractivity contribution in [1.82, 2.24) is 5.43 Å². The summed E-state index contributed by atoms with van der Waals surface area (Å²) in [5, 5.41) is 12.5. The van der Waals surface area contributed by atoms with E-state index >= 15 is 0 Å². The van der Waals surface area contributed by atoms with Gasteiger partial charge in [0.1, 0.15) is 0 Å². The van der Waals surface area contributed by atoms with Crippen LogP contribution in [0.1, 0.15) is 40.0 Å². The van der Waals surface area contributed by atoms with Gasteiger partial charge in [0, 0.05) is 12.1 Å². The van der Waals surface area contributed by atoms with Crippen LogP contribution < -0.4 is 11.2 Å². The largest absolute Gasteiger partial charge is 0.481 e. The molecule has 0 aromatic carbocycles. The maximum Gasteiger partial charge on any atom is 0.332 e. The van der Waals surface area contributed by atoms with E-state index in [-0.39, 0.29) is 12.3 Å². The molecule has 17 heavy (non-hydrogen) atoms. The highest BCUT2D eigenvalue weighted by molar-refractivity contribution is 5.83. The van der Waals surface area contributed by atoms with Crippen molar-refractivity contribution in [3.8, 4) is 0 Å². The summed E-state index contributed by atoms with van der Waals surface area (Å²) in [7, 11) is 0. The predicted octanol–water partition coefficient (Wildman–Crippen LogP) is 1.56. The minimum Gasteiger partial charge on any atom is -0.481 e. The molecule has 0 fully saturated rings. The zero-order chi connectivity index (χ0) is 13.4. The van der Waals surface area contributed by atoms with Crippen molar-refractivity contribution in [2.24, 2.45) is 22.7 Å². The molecule has 0 saturated carbocycles. The smallest absolute Gasteiger partial charge is 0.332 e. The van der Waals surface area contributed by atoms with Crippen LogP contribution in [-0.4, -0.2) is 22.8 Å². The number of carboxylic acids is 1. The molecular weight excluding hydrogens is 222 g/mol. The Bertz CT molecular complexity index is 300. The summed E-state index contributed by atoms with van der Waals surface area (Å²) < 4.78 is 0. The zero-order valence-electron chi connectivity index (χ0n) is 10.6. The molecule has 0 radical (unpaired) electrons. The first-order valence-electron chi connectivity index (χ1n) is 5.63. The van der Waals surface area contributed by atoms with Gasteiger partial charge in [0.2, 0.25) is 0 Å². The molecule has 0 heterocycles. The van der Waals surface area contributed by atoms with Crippen LogP contribution in [0.4, 0.5) is 4.79 Å². The Hall–Kier alpha value is -1.59. The van der Waals surface area contributed by atoms with Crippen molar-refractivity contribution in [3.63, 3.8) is 0 Å². The molecule has 0 saturated heterocycles. The van der Waals surface area contributed by atoms with E-state index in [1.807, 2.05) is 13.8 Å². The maximum absolute atomic E-state index is 10.7. The van der Waals surface area contributed by atoms with Crippen LogP contribution in [0.25, 0.3) is 0 Å². The molecule has 6 heteroatoms. The number of hydrogen-bond donors (Lipinski definition) is 3. The second kappa shape index (κ2) is 7.65. The average Bonchev–Trinajstić information content (AvgIpc) is 2.20. The topological polar surface area (TPSA) is 105 Å². The van der Waals surface area contributed by atoms with E-state index in [2.05, 4.69) is 10.5 Å². The van der Waals surface area contributed by atoms with Gasteiger partial charge in [-0.1, -0.05) is 13.8 Å². The van der Waals surface area contributed by atoms with Crippen molar-refractivity contribution < 1.29 is 14.7 Å². The molecule has 2 amide bonds. The second-order valence-electron chi connectivity index (χ2n) is 4.46. The minimum absolute atomic E-state index is 0.117. The van der Waals surface area contributed by atoms with E-state index < -0.39 is 12.0 Å². The number of hydrogen-bond acceptors (Lipinski definition) is 3. The molecule has 0 bridgehead atoms. The summed E-state index contributed by atoms with van der Waals surface area (Å²) >= 11 is 0. The van der Waals surface area contributed by atoms with Gasteiger partial charge < -0.3 is 10.8 Å². The van der Waals surface area contributed by atoms with Crippen LogP contribution >= 0.6 is 0 Å². The third-order valence-electron chi connectivity index (χ3n) is 2.61. The van der Waals surface area contributed by atoms with Crippen molar-refractivity contribution in [2.45, 2.75) is 40.0 Å². The van der Waals surface area contributed by atoms with Gasteiger partial charge >= 0.3 is 12.0 Å². The van der Waals surface area contributed by atoms with Crippen LogP contribution in [0.2, 0.25) is 0 Å². The van der Waals surface area contributed by atoms with Crippen molar-refractivity contribution >= 4 is 17.7 Å². The van der Waals surface area contributed by atoms with Crippen LogP contribution in [0, 0.1) is 11.8 Å². The van der Waals surface area contributed by atoms with E-state index in [0.717, 1.165) is 12.1 Å². The number of hydrazone groups is 1. The van der Waals surface area contributed by atoms with Gasteiger partial charge in [-0.3, -0.25) is 4.79 Å². The van der Waals surface area contributed by atoms with Gasteiger partial charge in [0.15, 0.2) is 0 Å². The SMILES string of the molecule is C/C(CC[C@H](CC(=O)O)C(C)C)=N\NC(N)=O. The van der Waals surface area contributed by atoms with E-state index in [4.69, 9.17) is 10.8 Å². The molecule has 0 rings (SSSR count). The van der Waals surface area contributed by atoms with Crippen LogP contribution in [0.5, 0.6) is 0 Å². The summed E-state index contributed by atoms with van der Waals surface area (Å²) in [5.41, 5.74) is 7.76. The first-order valence-corrected chi connectivity index (χ1v) is 5.63. The molecule has 0 unspecified atom stereocenters. The first-order chi connectivity index (χ1) is 7.82. The molecule has 98 valence electrons. The Morgan fingerprint density at radius 1 is 1.41 bits per heavy atom. The number of urea groups is 1. The fraction of sp³-hybridized carbons (Fsp3) is 0.727. The van der Waals surface area contributed by atoms with Gasteiger partial charge in [-0.05, 0) is 31.6 Å². The van der Waals surface area contributed by atoms with E-state index in [1.165, 1.54) is 0 Å². The number of primary amides is 1. The predicted molar refractivity (Wildman–Crippen MR) is 65.6 cm³/mol. The van der Waals surface area contributed by atoms with Gasteiger partial charge in [0.05, 0.1) is 0 Å². The fourth-order valence-electron chi connectivity index (χ4n) is 1.50. The number of carboxylic acid groups (broad SMARTS) is 1. The standard InChI is InChI=1S/C11H21N3O3/c1-7(2)9(6-10(15)16)5-4-8(3)13-14-11(12)17/h7,9H,4-6H2,1-3H3,(H,15,16)(H3,12,14,17)/b13-8+/t9-/m1/s1. The van der Waals surface area contributed by atoms with Crippen molar-refractivity contribution in [1.29, 1.82) is 0 Å². The number of amides is 2. The first kappa shape index (κ1) is 15.4. The number of aliphatic carboxylic acids is 1. The number of carbonyl (C=O) groups is 2. The van der Waals surface area contributed by atoms with Crippen LogP contribution in [0.15, 0.2) is 5.10 Å². The number of nitrogens with one attached hydrogen (secondary N) is 1. The highest BCUT2D eigenvalue weighted by atomic mass is 16.4. The number of carbonyl (C=O) groups excluding carboxylic acids is 1. The molecule has 0 aromatic heterocycles. The number of nitrogens with two attached hydrogens (primary N) is 1. The Balaban J connectivity index is 4.16. The molecular formula is C11H21N3O3. The second-order valence-corrected chi connectivity index (χ2v) is 4.46. The quantitative estimate of drug-likeness (QED) is 0.466. The Morgan fingerprint density at radius 3 is 2.41 bits per heavy atom. The van der Waals surface area contributed by atoms with E-state index in [9.17, 15) is 9.59 Å². The normalized spacial score (nSPS) is 13.5. The zero-order valence-corrected chi connectivity index (χ0v) is 10.6. The Morgan fingerprint density at radius 2 is 2.00 bits per heavy atom. The van der Waals surface area contributed by atoms with Crippen molar-refractivity contribution in [2.75, 3.05) is 0 Å². The molecule has 6 nitrogen and oxygen atoms in total. The Kier molecular flexibility index (Phi) is 6.93. The molecule has 0 aliphatic rings. The van der Waals surface area contributed by atoms with Gasteiger partial charge in [0.25, 0.3) is 0 Å². The molecule has 0 spiro atoms. The van der Waals surface area contributed by atoms with Crippen LogP contribution in [-0.2, 0) is 4.79 Å². The lowest BCUT2D eigenvalue weighted by atomic mass is 9.88. The highest BCUT2D eigenvalue weighted by Crippen LogP contribution is 2.21. The average molecular weight is 243 g/mol. The maximum atomic E-state index is 10.7. The van der Waals surface area contributed by atoms with Gasteiger partial charge in [-0.25, -0.2) is 10.2 Å². The highest BCUT2D eigenvalue weighted by Gasteiger charge is 2.17. The molecule has 0 aromatic rings.